The van der Waals surface area contributed by atoms with Gasteiger partial charge in [-0.05, 0) is 55.7 Å². The predicted octanol–water partition coefficient (Wildman–Crippen LogP) is 2.94. The summed E-state index contributed by atoms with van der Waals surface area (Å²) in [5.74, 6) is 0. The summed E-state index contributed by atoms with van der Waals surface area (Å²) in [6.45, 7) is 2.28. The van der Waals surface area contributed by atoms with E-state index in [4.69, 9.17) is 14.2 Å². The van der Waals surface area contributed by atoms with Gasteiger partial charge >= 0.3 is 12.2 Å². The third kappa shape index (κ3) is 10.1. The molecule has 0 bridgehead atoms. The van der Waals surface area contributed by atoms with Crippen LogP contribution in [0.4, 0.5) is 21.0 Å². The molecule has 0 radical (unpaired) electrons. The van der Waals surface area contributed by atoms with Crippen LogP contribution in [0, 0.1) is 5.41 Å². The van der Waals surface area contributed by atoms with Crippen molar-refractivity contribution in [2.24, 2.45) is 5.41 Å². The van der Waals surface area contributed by atoms with Crippen molar-refractivity contribution in [1.82, 2.24) is 0 Å². The van der Waals surface area contributed by atoms with Gasteiger partial charge in [0.15, 0.2) is 0 Å². The zero-order valence-electron chi connectivity index (χ0n) is 21.2. The van der Waals surface area contributed by atoms with Crippen molar-refractivity contribution in [1.29, 1.82) is 0 Å². The summed E-state index contributed by atoms with van der Waals surface area (Å²) in [5.41, 5.74) is 1.07. The van der Waals surface area contributed by atoms with E-state index in [2.05, 4.69) is 15.4 Å². The Bertz CT molecular complexity index is 1000. The highest BCUT2D eigenvalue weighted by molar-refractivity contribution is 5.85. The number of rotatable bonds is 14. The van der Waals surface area contributed by atoms with Gasteiger partial charge in [-0.25, -0.2) is 9.59 Å². The molecule has 0 aliphatic rings. The smallest absolute Gasteiger partial charge is 0.412 e. The lowest BCUT2D eigenvalue weighted by Gasteiger charge is -2.27. The molecule has 202 valence electrons. The fourth-order valence-corrected chi connectivity index (χ4v) is 3.28. The van der Waals surface area contributed by atoms with Gasteiger partial charge in [0.05, 0.1) is 25.2 Å². The highest BCUT2D eigenvalue weighted by Crippen LogP contribution is 2.19. The van der Waals surface area contributed by atoms with Gasteiger partial charge in [0.1, 0.15) is 18.8 Å². The van der Waals surface area contributed by atoms with Gasteiger partial charge < -0.3 is 29.2 Å². The molecule has 11 nitrogen and oxygen atoms in total. The van der Waals surface area contributed by atoms with Crippen molar-refractivity contribution in [2.45, 2.75) is 25.9 Å². The monoisotopic (exact) mass is 518 g/mol. The minimum Gasteiger partial charge on any atom is -0.467 e. The maximum atomic E-state index is 12.1. The van der Waals surface area contributed by atoms with Gasteiger partial charge in [-0.2, -0.15) is 0 Å². The van der Waals surface area contributed by atoms with E-state index in [9.17, 15) is 24.6 Å². The number of anilines is 2. The first-order valence-corrected chi connectivity index (χ1v) is 11.5. The summed E-state index contributed by atoms with van der Waals surface area (Å²) < 4.78 is 20.1. The van der Waals surface area contributed by atoms with E-state index in [1.807, 2.05) is 24.3 Å². The SMILES string of the molecule is COCC(C)(C)OC(=O)Nc1ccc(Cc2ccc(NC(=O)OCC(CO)(CO)COC=O)cc2)cc1. The lowest BCUT2D eigenvalue weighted by atomic mass is 9.92. The van der Waals surface area contributed by atoms with E-state index in [1.54, 1.807) is 45.2 Å². The summed E-state index contributed by atoms with van der Waals surface area (Å²) in [7, 11) is 1.54. The summed E-state index contributed by atoms with van der Waals surface area (Å²) >= 11 is 0. The Morgan fingerprint density at radius 1 is 0.838 bits per heavy atom. The van der Waals surface area contributed by atoms with Crippen LogP contribution in [0.5, 0.6) is 0 Å². The highest BCUT2D eigenvalue weighted by Gasteiger charge is 2.32. The molecule has 0 unspecified atom stereocenters. The number of methoxy groups -OCH3 is 1. The molecule has 0 heterocycles. The zero-order valence-corrected chi connectivity index (χ0v) is 21.2. The molecule has 0 aromatic heterocycles. The van der Waals surface area contributed by atoms with Crippen molar-refractivity contribution >= 4 is 30.0 Å². The Morgan fingerprint density at radius 2 is 1.35 bits per heavy atom. The Balaban J connectivity index is 1.86. The molecule has 2 amide bonds. The van der Waals surface area contributed by atoms with Crippen LogP contribution >= 0.6 is 0 Å². The number of nitrogens with one attached hydrogen (secondary N) is 2. The van der Waals surface area contributed by atoms with Gasteiger partial charge in [0.2, 0.25) is 0 Å². The van der Waals surface area contributed by atoms with E-state index in [0.29, 0.717) is 17.8 Å². The molecule has 0 aliphatic heterocycles. The number of aliphatic hydroxyl groups is 2. The molecule has 2 rings (SSSR count). The Labute approximate surface area is 215 Å². The number of benzene rings is 2. The van der Waals surface area contributed by atoms with Gasteiger partial charge in [0.25, 0.3) is 6.47 Å². The maximum absolute atomic E-state index is 12.1. The molecule has 0 atom stereocenters. The fourth-order valence-electron chi connectivity index (χ4n) is 3.28. The summed E-state index contributed by atoms with van der Waals surface area (Å²) in [5, 5.41) is 24.2. The van der Waals surface area contributed by atoms with E-state index >= 15 is 0 Å². The lowest BCUT2D eigenvalue weighted by molar-refractivity contribution is -0.136. The molecule has 2 aromatic carbocycles. The minimum absolute atomic E-state index is 0.190. The number of amides is 2. The van der Waals surface area contributed by atoms with Crippen molar-refractivity contribution in [3.05, 3.63) is 59.7 Å². The summed E-state index contributed by atoms with van der Waals surface area (Å²) in [6, 6.07) is 14.5. The van der Waals surface area contributed by atoms with Crippen LogP contribution in [0.2, 0.25) is 0 Å². The van der Waals surface area contributed by atoms with Crippen LogP contribution in [0.25, 0.3) is 0 Å². The van der Waals surface area contributed by atoms with Gasteiger partial charge in [-0.3, -0.25) is 15.4 Å². The molecule has 0 fully saturated rings. The molecular weight excluding hydrogens is 484 g/mol. The van der Waals surface area contributed by atoms with Crippen LogP contribution < -0.4 is 10.6 Å². The fraction of sp³-hybridized carbons (Fsp3) is 0.423. The second-order valence-corrected chi connectivity index (χ2v) is 9.20. The average molecular weight is 519 g/mol. The minimum atomic E-state index is -1.28. The molecular formula is C26H34N2O9. The Morgan fingerprint density at radius 3 is 1.81 bits per heavy atom. The van der Waals surface area contributed by atoms with Crippen molar-refractivity contribution in [3.8, 4) is 0 Å². The van der Waals surface area contributed by atoms with Crippen molar-refractivity contribution < 1.29 is 43.5 Å². The Kier molecular flexibility index (Phi) is 11.3. The molecule has 0 saturated carbocycles. The first-order valence-electron chi connectivity index (χ1n) is 11.5. The van der Waals surface area contributed by atoms with Crippen LogP contribution in [0.15, 0.2) is 48.5 Å². The molecule has 2 aromatic rings. The quantitative estimate of drug-likeness (QED) is 0.218. The van der Waals surface area contributed by atoms with E-state index in [-0.39, 0.29) is 26.3 Å². The topological polar surface area (TPSA) is 153 Å². The lowest BCUT2D eigenvalue weighted by Crippen LogP contribution is -2.40. The van der Waals surface area contributed by atoms with E-state index < -0.39 is 36.4 Å². The molecule has 0 spiro atoms. The number of ether oxygens (including phenoxy) is 4. The first kappa shape index (κ1) is 29.6. The third-order valence-corrected chi connectivity index (χ3v) is 5.31. The Hall–Kier alpha value is -3.67. The second-order valence-electron chi connectivity index (χ2n) is 9.20. The highest BCUT2D eigenvalue weighted by atomic mass is 16.6. The standard InChI is InChI=1S/C26H34N2O9/c1-25(2,15-34-3)37-24(33)28-22-10-6-20(7-11-22)12-19-4-8-21(9-5-19)27-23(32)36-17-26(13-29,14-30)16-35-18-31/h4-11,18,29-30H,12-17H2,1-3H3,(H,27,32)(H,28,33). The molecule has 37 heavy (non-hydrogen) atoms. The van der Waals surface area contributed by atoms with E-state index in [1.165, 1.54) is 0 Å². The maximum Gasteiger partial charge on any atom is 0.412 e. The van der Waals surface area contributed by atoms with E-state index in [0.717, 1.165) is 11.1 Å². The summed E-state index contributed by atoms with van der Waals surface area (Å²) in [6.07, 6.45) is -0.718. The summed E-state index contributed by atoms with van der Waals surface area (Å²) in [4.78, 5) is 34.6. The second kappa shape index (κ2) is 14.2. The number of hydrogen-bond donors (Lipinski definition) is 4. The molecule has 0 saturated heterocycles. The third-order valence-electron chi connectivity index (χ3n) is 5.31. The van der Waals surface area contributed by atoms with Gasteiger partial charge in [0, 0.05) is 18.5 Å². The van der Waals surface area contributed by atoms with Crippen LogP contribution in [0.1, 0.15) is 25.0 Å². The molecule has 4 N–H and O–H groups in total. The van der Waals surface area contributed by atoms with Crippen LogP contribution in [-0.2, 0) is 30.2 Å². The number of aliphatic hydroxyl groups excluding tert-OH is 2. The number of hydrogen-bond acceptors (Lipinski definition) is 9. The van der Waals surface area contributed by atoms with Gasteiger partial charge in [-0.1, -0.05) is 24.3 Å². The van der Waals surface area contributed by atoms with Crippen LogP contribution in [0.3, 0.4) is 0 Å². The largest absolute Gasteiger partial charge is 0.467 e. The number of carbonyl (C=O) groups is 3. The molecule has 11 heteroatoms. The van der Waals surface area contributed by atoms with Gasteiger partial charge in [-0.15, -0.1) is 0 Å². The van der Waals surface area contributed by atoms with Crippen LogP contribution in [-0.4, -0.2) is 74.6 Å². The number of carbonyl (C=O) groups excluding carboxylic acids is 3. The van der Waals surface area contributed by atoms with Crippen molar-refractivity contribution in [3.63, 3.8) is 0 Å². The normalized spacial score (nSPS) is 11.4. The zero-order chi connectivity index (χ0) is 27.3. The molecule has 0 aliphatic carbocycles. The first-order chi connectivity index (χ1) is 17.6. The van der Waals surface area contributed by atoms with Crippen molar-refractivity contribution in [2.75, 3.05) is 50.8 Å². The predicted molar refractivity (Wildman–Crippen MR) is 135 cm³/mol. The average Bonchev–Trinajstić information content (AvgIpc) is 2.86.